The van der Waals surface area contributed by atoms with Crippen LogP contribution in [0.5, 0.6) is 5.88 Å². The zero-order valence-corrected chi connectivity index (χ0v) is 9.35. The van der Waals surface area contributed by atoms with Gasteiger partial charge in [0, 0.05) is 24.9 Å². The van der Waals surface area contributed by atoms with Crippen LogP contribution in [-0.4, -0.2) is 28.2 Å². The zero-order chi connectivity index (χ0) is 12.4. The Balaban J connectivity index is 2.48. The molecule has 0 radical (unpaired) electrons. The van der Waals surface area contributed by atoms with Crippen molar-refractivity contribution in [2.75, 3.05) is 7.11 Å². The SMILES string of the molecule is COc1cc(-c2ncc(C=O)cc2F)nn1C. The van der Waals surface area contributed by atoms with Crippen molar-refractivity contribution in [1.29, 1.82) is 0 Å². The molecule has 0 saturated heterocycles. The summed E-state index contributed by atoms with van der Waals surface area (Å²) in [6.45, 7) is 0. The minimum Gasteiger partial charge on any atom is -0.481 e. The Kier molecular flexibility index (Phi) is 2.86. The molecule has 6 heteroatoms. The molecule has 88 valence electrons. The van der Waals surface area contributed by atoms with Gasteiger partial charge >= 0.3 is 0 Å². The van der Waals surface area contributed by atoms with Crippen molar-refractivity contribution in [2.45, 2.75) is 0 Å². The second-order valence-corrected chi connectivity index (χ2v) is 3.41. The Morgan fingerprint density at radius 2 is 2.24 bits per heavy atom. The molecule has 0 aliphatic carbocycles. The molecule has 2 aromatic rings. The van der Waals surface area contributed by atoms with E-state index in [1.807, 2.05) is 0 Å². The molecule has 0 aromatic carbocycles. The normalized spacial score (nSPS) is 10.3. The highest BCUT2D eigenvalue weighted by atomic mass is 19.1. The average molecular weight is 235 g/mol. The topological polar surface area (TPSA) is 57.0 Å². The zero-order valence-electron chi connectivity index (χ0n) is 9.35. The smallest absolute Gasteiger partial charge is 0.211 e. The second-order valence-electron chi connectivity index (χ2n) is 3.41. The van der Waals surface area contributed by atoms with Crippen LogP contribution < -0.4 is 4.74 Å². The van der Waals surface area contributed by atoms with E-state index in [1.54, 1.807) is 13.1 Å². The fourth-order valence-electron chi connectivity index (χ4n) is 1.46. The largest absolute Gasteiger partial charge is 0.481 e. The average Bonchev–Trinajstić information content (AvgIpc) is 2.70. The molecule has 2 heterocycles. The molecule has 5 nitrogen and oxygen atoms in total. The summed E-state index contributed by atoms with van der Waals surface area (Å²) < 4.78 is 20.2. The van der Waals surface area contributed by atoms with Crippen LogP contribution in [0, 0.1) is 5.82 Å². The molecule has 2 aromatic heterocycles. The second kappa shape index (κ2) is 4.32. The predicted molar refractivity (Wildman–Crippen MR) is 58.3 cm³/mol. The molecule has 0 N–H and O–H groups in total. The quantitative estimate of drug-likeness (QED) is 0.755. The third-order valence-corrected chi connectivity index (χ3v) is 2.29. The van der Waals surface area contributed by atoms with E-state index < -0.39 is 5.82 Å². The van der Waals surface area contributed by atoms with Gasteiger partial charge in [-0.2, -0.15) is 5.10 Å². The summed E-state index contributed by atoms with van der Waals surface area (Å²) in [5.74, 6) is -0.0870. The predicted octanol–water partition coefficient (Wildman–Crippen LogP) is 1.44. The van der Waals surface area contributed by atoms with Crippen LogP contribution in [0.2, 0.25) is 0 Å². The van der Waals surface area contributed by atoms with E-state index in [0.717, 1.165) is 6.07 Å². The van der Waals surface area contributed by atoms with Crippen molar-refractivity contribution in [2.24, 2.45) is 7.05 Å². The van der Waals surface area contributed by atoms with Gasteiger partial charge in [-0.3, -0.25) is 9.78 Å². The van der Waals surface area contributed by atoms with Crippen molar-refractivity contribution in [3.63, 3.8) is 0 Å². The molecule has 0 aliphatic rings. The minimum atomic E-state index is -0.588. The molecule has 17 heavy (non-hydrogen) atoms. The number of ether oxygens (including phenoxy) is 1. The van der Waals surface area contributed by atoms with Gasteiger partial charge < -0.3 is 4.74 Å². The van der Waals surface area contributed by atoms with E-state index >= 15 is 0 Å². The van der Waals surface area contributed by atoms with Gasteiger partial charge in [0.2, 0.25) is 5.88 Å². The fraction of sp³-hybridized carbons (Fsp3) is 0.182. The Morgan fingerprint density at radius 1 is 1.47 bits per heavy atom. The minimum absolute atomic E-state index is 0.0921. The molecule has 0 fully saturated rings. The summed E-state index contributed by atoms with van der Waals surface area (Å²) in [4.78, 5) is 14.3. The number of carbonyl (C=O) groups is 1. The highest BCUT2D eigenvalue weighted by Gasteiger charge is 2.13. The number of nitrogens with zero attached hydrogens (tertiary/aromatic N) is 3. The standard InChI is InChI=1S/C11H10FN3O2/c1-15-10(17-2)4-9(14-15)11-8(12)3-7(6-16)5-13-11/h3-6H,1-2H3. The fourth-order valence-corrected chi connectivity index (χ4v) is 1.46. The molecular formula is C11H10FN3O2. The summed E-state index contributed by atoms with van der Waals surface area (Å²) in [5.41, 5.74) is 0.642. The molecule has 0 bridgehead atoms. The van der Waals surface area contributed by atoms with Crippen LogP contribution >= 0.6 is 0 Å². The number of aldehydes is 1. The number of rotatable bonds is 3. The lowest BCUT2D eigenvalue weighted by atomic mass is 10.2. The number of hydrogen-bond acceptors (Lipinski definition) is 4. The molecule has 0 amide bonds. The van der Waals surface area contributed by atoms with Gasteiger partial charge in [-0.25, -0.2) is 9.07 Å². The van der Waals surface area contributed by atoms with Gasteiger partial charge in [0.05, 0.1) is 7.11 Å². The van der Waals surface area contributed by atoms with Crippen LogP contribution in [0.4, 0.5) is 4.39 Å². The molecule has 0 saturated carbocycles. The Hall–Kier alpha value is -2.24. The first-order valence-electron chi connectivity index (χ1n) is 4.85. The van der Waals surface area contributed by atoms with Gasteiger partial charge in [-0.1, -0.05) is 0 Å². The van der Waals surface area contributed by atoms with Gasteiger partial charge in [0.1, 0.15) is 11.4 Å². The van der Waals surface area contributed by atoms with Crippen LogP contribution in [0.1, 0.15) is 10.4 Å². The number of carbonyl (C=O) groups excluding carboxylic acids is 1. The lowest BCUT2D eigenvalue weighted by molar-refractivity contribution is 0.112. The van der Waals surface area contributed by atoms with Crippen LogP contribution in [0.3, 0.4) is 0 Å². The van der Waals surface area contributed by atoms with Gasteiger partial charge in [-0.05, 0) is 6.07 Å². The summed E-state index contributed by atoms with van der Waals surface area (Å²) >= 11 is 0. The first-order chi connectivity index (χ1) is 8.15. The Bertz CT molecular complexity index is 566. The van der Waals surface area contributed by atoms with Crippen molar-refractivity contribution in [3.05, 3.63) is 29.7 Å². The Labute approximate surface area is 96.9 Å². The van der Waals surface area contributed by atoms with E-state index in [-0.39, 0.29) is 11.3 Å². The molecular weight excluding hydrogens is 225 g/mol. The number of aromatic nitrogens is 3. The van der Waals surface area contributed by atoms with Crippen molar-refractivity contribution >= 4 is 6.29 Å². The number of pyridine rings is 1. The maximum atomic E-state index is 13.7. The van der Waals surface area contributed by atoms with E-state index in [4.69, 9.17) is 4.74 Å². The lowest BCUT2D eigenvalue weighted by Gasteiger charge is -1.98. The van der Waals surface area contributed by atoms with Gasteiger partial charge in [0.15, 0.2) is 12.1 Å². The number of methoxy groups -OCH3 is 1. The summed E-state index contributed by atoms with van der Waals surface area (Å²) in [7, 11) is 3.18. The number of aryl methyl sites for hydroxylation is 1. The van der Waals surface area contributed by atoms with E-state index in [0.29, 0.717) is 17.9 Å². The maximum absolute atomic E-state index is 13.7. The Morgan fingerprint density at radius 3 is 2.76 bits per heavy atom. The van der Waals surface area contributed by atoms with Crippen molar-refractivity contribution in [3.8, 4) is 17.3 Å². The highest BCUT2D eigenvalue weighted by Crippen LogP contribution is 2.23. The van der Waals surface area contributed by atoms with Crippen LogP contribution in [-0.2, 0) is 7.05 Å². The third kappa shape index (κ3) is 2.01. The lowest BCUT2D eigenvalue weighted by Crippen LogP contribution is -1.96. The first-order valence-corrected chi connectivity index (χ1v) is 4.85. The van der Waals surface area contributed by atoms with Gasteiger partial charge in [0.25, 0.3) is 0 Å². The summed E-state index contributed by atoms with van der Waals surface area (Å²) in [5, 5.41) is 4.07. The maximum Gasteiger partial charge on any atom is 0.211 e. The molecule has 0 spiro atoms. The molecule has 0 aliphatic heterocycles. The number of hydrogen-bond donors (Lipinski definition) is 0. The molecule has 0 atom stereocenters. The van der Waals surface area contributed by atoms with Crippen molar-refractivity contribution < 1.29 is 13.9 Å². The van der Waals surface area contributed by atoms with Crippen LogP contribution in [0.25, 0.3) is 11.4 Å². The van der Waals surface area contributed by atoms with Crippen molar-refractivity contribution in [1.82, 2.24) is 14.8 Å². The summed E-state index contributed by atoms with van der Waals surface area (Å²) in [6.07, 6.45) is 1.84. The van der Waals surface area contributed by atoms with E-state index in [9.17, 15) is 9.18 Å². The molecule has 2 rings (SSSR count). The van der Waals surface area contributed by atoms with E-state index in [1.165, 1.54) is 18.0 Å². The van der Waals surface area contributed by atoms with Crippen LogP contribution in [0.15, 0.2) is 18.3 Å². The monoisotopic (exact) mass is 235 g/mol. The summed E-state index contributed by atoms with van der Waals surface area (Å²) in [6, 6.07) is 2.70. The highest BCUT2D eigenvalue weighted by molar-refractivity contribution is 5.75. The number of halogens is 1. The van der Waals surface area contributed by atoms with E-state index in [2.05, 4.69) is 10.1 Å². The third-order valence-electron chi connectivity index (χ3n) is 2.29. The molecule has 0 unspecified atom stereocenters. The van der Waals surface area contributed by atoms with Gasteiger partial charge in [-0.15, -0.1) is 0 Å². The first kappa shape index (κ1) is 11.3.